The predicted octanol–water partition coefficient (Wildman–Crippen LogP) is 3.64. The highest BCUT2D eigenvalue weighted by molar-refractivity contribution is 5.85. The summed E-state index contributed by atoms with van der Waals surface area (Å²) in [5.74, 6) is 1.47. The minimum absolute atomic E-state index is 0.255. The molecule has 0 saturated heterocycles. The Morgan fingerprint density at radius 2 is 2.03 bits per heavy atom. The van der Waals surface area contributed by atoms with E-state index in [2.05, 4.69) is 22.2 Å². The van der Waals surface area contributed by atoms with Crippen LogP contribution in [0.1, 0.15) is 57.5 Å². The van der Waals surface area contributed by atoms with Crippen LogP contribution in [0.5, 0.6) is 5.75 Å². The lowest BCUT2D eigenvalue weighted by molar-refractivity contribution is -0.145. The third-order valence-electron chi connectivity index (χ3n) is 6.17. The number of imidazole rings is 1. The number of benzene rings is 1. The van der Waals surface area contributed by atoms with Gasteiger partial charge in [0.05, 0.1) is 25.0 Å². The molecule has 0 atom stereocenters. The Balaban J connectivity index is 1.82. The summed E-state index contributed by atoms with van der Waals surface area (Å²) in [7, 11) is 1.42. The molecule has 1 aliphatic carbocycles. The molecule has 9 heteroatoms. The summed E-state index contributed by atoms with van der Waals surface area (Å²) < 4.78 is 12.6. The van der Waals surface area contributed by atoms with E-state index in [0.29, 0.717) is 54.2 Å². The average molecular weight is 454 g/mol. The lowest BCUT2D eigenvalue weighted by Gasteiger charge is -2.28. The predicted molar refractivity (Wildman–Crippen MR) is 126 cm³/mol. The van der Waals surface area contributed by atoms with Crippen molar-refractivity contribution in [2.75, 3.05) is 19.0 Å². The van der Waals surface area contributed by atoms with E-state index in [0.717, 1.165) is 30.8 Å². The van der Waals surface area contributed by atoms with Crippen molar-refractivity contribution in [3.05, 3.63) is 40.1 Å². The first kappa shape index (κ1) is 22.8. The number of carbonyl (C=O) groups excluding carboxylic acids is 1. The summed E-state index contributed by atoms with van der Waals surface area (Å²) in [5, 5.41) is 8.13. The fourth-order valence-electron chi connectivity index (χ4n) is 4.65. The molecule has 3 aromatic rings. The van der Waals surface area contributed by atoms with Crippen LogP contribution < -0.4 is 15.6 Å². The van der Waals surface area contributed by atoms with Crippen LogP contribution >= 0.6 is 0 Å². The van der Waals surface area contributed by atoms with Crippen molar-refractivity contribution in [1.29, 1.82) is 0 Å². The van der Waals surface area contributed by atoms with E-state index < -0.39 is 5.54 Å². The SMILES string of the molecule is CCCc1nc(C)c2c(=O)[nH]c(-c3cc(NC4(C(=O)OC)CCCC4)ccc3OCC)nn12. The van der Waals surface area contributed by atoms with E-state index >= 15 is 0 Å². The third-order valence-corrected chi connectivity index (χ3v) is 6.17. The first-order chi connectivity index (χ1) is 15.9. The molecule has 33 heavy (non-hydrogen) atoms. The summed E-state index contributed by atoms with van der Waals surface area (Å²) >= 11 is 0. The number of nitrogens with zero attached hydrogens (tertiary/aromatic N) is 3. The highest BCUT2D eigenvalue weighted by atomic mass is 16.5. The molecular weight excluding hydrogens is 422 g/mol. The number of nitrogens with one attached hydrogen (secondary N) is 2. The second-order valence-electron chi connectivity index (χ2n) is 8.48. The lowest BCUT2D eigenvalue weighted by Crippen LogP contribution is -2.44. The molecule has 0 radical (unpaired) electrons. The number of fused-ring (bicyclic) bond motifs is 1. The monoisotopic (exact) mass is 453 g/mol. The van der Waals surface area contributed by atoms with Crippen LogP contribution in [-0.2, 0) is 16.0 Å². The quantitative estimate of drug-likeness (QED) is 0.501. The molecule has 2 N–H and O–H groups in total. The fraction of sp³-hybridized carbons (Fsp3) is 0.500. The van der Waals surface area contributed by atoms with Gasteiger partial charge in [0.25, 0.3) is 5.56 Å². The maximum Gasteiger partial charge on any atom is 0.331 e. The van der Waals surface area contributed by atoms with Crippen molar-refractivity contribution in [3.8, 4) is 17.1 Å². The number of methoxy groups -OCH3 is 1. The number of aromatic nitrogens is 4. The van der Waals surface area contributed by atoms with Crippen LogP contribution in [0.25, 0.3) is 16.9 Å². The van der Waals surface area contributed by atoms with Gasteiger partial charge in [0.2, 0.25) is 0 Å². The van der Waals surface area contributed by atoms with Crippen molar-refractivity contribution in [2.24, 2.45) is 0 Å². The molecule has 2 heterocycles. The summed E-state index contributed by atoms with van der Waals surface area (Å²) in [6.45, 7) is 6.24. The Bertz CT molecular complexity index is 1220. The van der Waals surface area contributed by atoms with Gasteiger partial charge in [-0.3, -0.25) is 4.79 Å². The standard InChI is InChI=1S/C24H31N5O4/c1-5-9-19-25-15(3)20-22(30)26-21(28-29(19)20)17-14-16(10-11-18(17)33-6-2)27-24(23(31)32-4)12-7-8-13-24/h10-11,14,27H,5-9,12-13H2,1-4H3,(H,26,28,30). The lowest BCUT2D eigenvalue weighted by atomic mass is 9.97. The number of anilines is 1. The topological polar surface area (TPSA) is 111 Å². The van der Waals surface area contributed by atoms with Crippen LogP contribution in [0.15, 0.2) is 23.0 Å². The van der Waals surface area contributed by atoms with E-state index in [1.54, 1.807) is 4.52 Å². The van der Waals surface area contributed by atoms with Gasteiger partial charge < -0.3 is 19.8 Å². The van der Waals surface area contributed by atoms with Crippen LogP contribution in [0.2, 0.25) is 0 Å². The summed E-state index contributed by atoms with van der Waals surface area (Å²) in [6, 6.07) is 5.57. The molecule has 4 rings (SSSR count). The van der Waals surface area contributed by atoms with Crippen molar-refractivity contribution in [1.82, 2.24) is 19.6 Å². The van der Waals surface area contributed by atoms with Gasteiger partial charge in [0.1, 0.15) is 17.1 Å². The number of esters is 1. The Hall–Kier alpha value is -3.36. The molecule has 0 aliphatic heterocycles. The number of H-pyrrole nitrogens is 1. The number of ether oxygens (including phenoxy) is 2. The average Bonchev–Trinajstić information content (AvgIpc) is 3.40. The van der Waals surface area contributed by atoms with Gasteiger partial charge in [0, 0.05) is 12.1 Å². The zero-order valence-corrected chi connectivity index (χ0v) is 19.7. The molecule has 1 aliphatic rings. The molecule has 0 spiro atoms. The molecule has 176 valence electrons. The fourth-order valence-corrected chi connectivity index (χ4v) is 4.65. The first-order valence-electron chi connectivity index (χ1n) is 11.5. The van der Waals surface area contributed by atoms with Crippen molar-refractivity contribution in [3.63, 3.8) is 0 Å². The Morgan fingerprint density at radius 3 is 2.70 bits per heavy atom. The Morgan fingerprint density at radius 1 is 1.27 bits per heavy atom. The summed E-state index contributed by atoms with van der Waals surface area (Å²) in [4.78, 5) is 33.0. The Labute approximate surface area is 192 Å². The Kier molecular flexibility index (Phi) is 6.40. The molecule has 0 bridgehead atoms. The van der Waals surface area contributed by atoms with E-state index in [1.165, 1.54) is 7.11 Å². The zero-order chi connectivity index (χ0) is 23.6. The van der Waals surface area contributed by atoms with Gasteiger partial charge in [-0.05, 0) is 51.3 Å². The van der Waals surface area contributed by atoms with Gasteiger partial charge >= 0.3 is 5.97 Å². The van der Waals surface area contributed by atoms with E-state index in [1.807, 2.05) is 32.0 Å². The first-order valence-corrected chi connectivity index (χ1v) is 11.5. The van der Waals surface area contributed by atoms with Crippen molar-refractivity contribution < 1.29 is 14.3 Å². The van der Waals surface area contributed by atoms with Crippen molar-refractivity contribution >= 4 is 17.2 Å². The molecule has 0 amide bonds. The normalized spacial score (nSPS) is 15.0. The number of aromatic amines is 1. The second-order valence-corrected chi connectivity index (χ2v) is 8.48. The number of hydrogen-bond donors (Lipinski definition) is 2. The molecule has 2 aromatic heterocycles. The summed E-state index contributed by atoms with van der Waals surface area (Å²) in [5.41, 5.74) is 1.46. The minimum Gasteiger partial charge on any atom is -0.493 e. The van der Waals surface area contributed by atoms with Crippen molar-refractivity contribution in [2.45, 2.75) is 64.8 Å². The van der Waals surface area contributed by atoms with E-state index in [9.17, 15) is 9.59 Å². The maximum atomic E-state index is 12.9. The van der Waals surface area contributed by atoms with E-state index in [-0.39, 0.29) is 11.5 Å². The van der Waals surface area contributed by atoms with Crippen LogP contribution in [0, 0.1) is 6.92 Å². The zero-order valence-electron chi connectivity index (χ0n) is 19.7. The highest BCUT2D eigenvalue weighted by Crippen LogP contribution is 2.37. The largest absolute Gasteiger partial charge is 0.493 e. The summed E-state index contributed by atoms with van der Waals surface area (Å²) in [6.07, 6.45) is 4.93. The molecular formula is C24H31N5O4. The molecule has 0 unspecified atom stereocenters. The molecule has 1 saturated carbocycles. The number of carbonyl (C=O) groups is 1. The molecule has 1 aromatic carbocycles. The van der Waals surface area contributed by atoms with Gasteiger partial charge in [-0.1, -0.05) is 19.8 Å². The number of aryl methyl sites for hydroxylation is 2. The molecule has 1 fully saturated rings. The van der Waals surface area contributed by atoms with Gasteiger partial charge in [-0.25, -0.2) is 14.3 Å². The number of rotatable bonds is 8. The highest BCUT2D eigenvalue weighted by Gasteiger charge is 2.42. The van der Waals surface area contributed by atoms with Crippen LogP contribution in [-0.4, -0.2) is 44.8 Å². The number of hydrogen-bond acceptors (Lipinski definition) is 7. The minimum atomic E-state index is -0.750. The van der Waals surface area contributed by atoms with Crippen LogP contribution in [0.3, 0.4) is 0 Å². The third kappa shape index (κ3) is 4.19. The molecule has 9 nitrogen and oxygen atoms in total. The van der Waals surface area contributed by atoms with Gasteiger partial charge in [0.15, 0.2) is 11.3 Å². The smallest absolute Gasteiger partial charge is 0.331 e. The van der Waals surface area contributed by atoms with E-state index in [4.69, 9.17) is 14.6 Å². The van der Waals surface area contributed by atoms with Gasteiger partial charge in [-0.2, -0.15) is 0 Å². The second kappa shape index (κ2) is 9.25. The van der Waals surface area contributed by atoms with Gasteiger partial charge in [-0.15, -0.1) is 5.10 Å². The van der Waals surface area contributed by atoms with Crippen LogP contribution in [0.4, 0.5) is 5.69 Å². The maximum absolute atomic E-state index is 12.9.